The SMILES string of the molecule is CC(C(=O)O)c1ccc(C=C2SCCCC2=O)cc1.CC(C(=O)O)c1ccc(C=C2SCCCC2O)cc1. The first-order valence-electron chi connectivity index (χ1n) is 12.7. The average Bonchev–Trinajstić information content (AvgIpc) is 2.91. The Labute approximate surface area is 232 Å². The van der Waals surface area contributed by atoms with E-state index in [2.05, 4.69) is 0 Å². The van der Waals surface area contributed by atoms with Gasteiger partial charge in [0.15, 0.2) is 5.78 Å². The van der Waals surface area contributed by atoms with E-state index in [0.29, 0.717) is 6.42 Å². The fraction of sp³-hybridized carbons (Fsp3) is 0.367. The molecule has 0 aromatic heterocycles. The van der Waals surface area contributed by atoms with E-state index in [1.54, 1.807) is 37.4 Å². The van der Waals surface area contributed by atoms with Crippen molar-refractivity contribution in [2.24, 2.45) is 0 Å². The van der Waals surface area contributed by atoms with Crippen molar-refractivity contribution in [2.75, 3.05) is 11.5 Å². The lowest BCUT2D eigenvalue weighted by atomic mass is 10.00. The number of aliphatic carboxylic acids is 2. The Morgan fingerprint density at radius 3 is 1.79 bits per heavy atom. The lowest BCUT2D eigenvalue weighted by Crippen LogP contribution is -2.13. The van der Waals surface area contributed by atoms with Crippen molar-refractivity contribution in [3.05, 3.63) is 80.6 Å². The van der Waals surface area contributed by atoms with Crippen LogP contribution in [0.25, 0.3) is 12.2 Å². The van der Waals surface area contributed by atoms with Crippen LogP contribution in [0.2, 0.25) is 0 Å². The van der Waals surface area contributed by atoms with Gasteiger partial charge in [-0.25, -0.2) is 0 Å². The van der Waals surface area contributed by atoms with Crippen LogP contribution in [0.15, 0.2) is 58.3 Å². The number of benzene rings is 2. The summed E-state index contributed by atoms with van der Waals surface area (Å²) in [6.45, 7) is 3.34. The Kier molecular flexibility index (Phi) is 11.2. The first-order valence-corrected chi connectivity index (χ1v) is 14.7. The third-order valence-corrected chi connectivity index (χ3v) is 8.89. The molecule has 2 aliphatic rings. The van der Waals surface area contributed by atoms with Gasteiger partial charge in [-0.15, -0.1) is 23.5 Å². The molecule has 0 amide bonds. The highest BCUT2D eigenvalue weighted by Gasteiger charge is 2.18. The number of carboxylic acids is 2. The van der Waals surface area contributed by atoms with Crippen LogP contribution in [-0.4, -0.2) is 50.7 Å². The zero-order chi connectivity index (χ0) is 27.7. The van der Waals surface area contributed by atoms with Crippen molar-refractivity contribution in [3.8, 4) is 0 Å². The monoisotopic (exact) mass is 554 g/mol. The van der Waals surface area contributed by atoms with Gasteiger partial charge in [0.2, 0.25) is 0 Å². The minimum absolute atomic E-state index is 0.208. The van der Waals surface area contributed by atoms with Gasteiger partial charge in [0, 0.05) is 11.3 Å². The molecular weight excluding hydrogens is 520 g/mol. The van der Waals surface area contributed by atoms with Gasteiger partial charge in [-0.3, -0.25) is 14.4 Å². The van der Waals surface area contributed by atoms with Gasteiger partial charge in [-0.1, -0.05) is 48.5 Å². The van der Waals surface area contributed by atoms with Crippen LogP contribution in [0, 0.1) is 0 Å². The molecule has 3 atom stereocenters. The van der Waals surface area contributed by atoms with Crippen molar-refractivity contribution >= 4 is 53.4 Å². The number of ketones is 1. The largest absolute Gasteiger partial charge is 0.481 e. The summed E-state index contributed by atoms with van der Waals surface area (Å²) in [7, 11) is 0. The third-order valence-electron chi connectivity index (χ3n) is 6.52. The second kappa shape index (κ2) is 14.4. The lowest BCUT2D eigenvalue weighted by Gasteiger charge is -2.19. The van der Waals surface area contributed by atoms with E-state index in [0.717, 1.165) is 62.8 Å². The van der Waals surface area contributed by atoms with Crippen LogP contribution in [0.4, 0.5) is 0 Å². The average molecular weight is 555 g/mol. The summed E-state index contributed by atoms with van der Waals surface area (Å²) in [5, 5.41) is 27.8. The maximum atomic E-state index is 11.7. The summed E-state index contributed by atoms with van der Waals surface area (Å²) >= 11 is 3.30. The highest BCUT2D eigenvalue weighted by Crippen LogP contribution is 2.31. The van der Waals surface area contributed by atoms with E-state index < -0.39 is 23.8 Å². The van der Waals surface area contributed by atoms with Gasteiger partial charge in [0.05, 0.1) is 22.8 Å². The molecule has 0 bridgehead atoms. The van der Waals surface area contributed by atoms with Gasteiger partial charge in [-0.2, -0.15) is 0 Å². The summed E-state index contributed by atoms with van der Waals surface area (Å²) < 4.78 is 0. The smallest absolute Gasteiger partial charge is 0.310 e. The molecule has 2 heterocycles. The topological polar surface area (TPSA) is 112 Å². The van der Waals surface area contributed by atoms with E-state index in [1.807, 2.05) is 60.7 Å². The number of Topliss-reactive ketones (excluding diaryl/α,β-unsaturated/α-hetero) is 1. The molecule has 2 saturated heterocycles. The first-order chi connectivity index (χ1) is 18.2. The molecule has 6 nitrogen and oxygen atoms in total. The normalized spacial score (nSPS) is 21.3. The zero-order valence-electron chi connectivity index (χ0n) is 21.6. The minimum Gasteiger partial charge on any atom is -0.481 e. The quantitative estimate of drug-likeness (QED) is 0.351. The van der Waals surface area contributed by atoms with Gasteiger partial charge in [-0.05, 0) is 79.0 Å². The molecule has 2 aromatic rings. The van der Waals surface area contributed by atoms with E-state index in [4.69, 9.17) is 10.2 Å². The van der Waals surface area contributed by atoms with Gasteiger partial charge in [0.25, 0.3) is 0 Å². The second-order valence-electron chi connectivity index (χ2n) is 9.39. The Hall–Kier alpha value is -2.81. The number of carbonyl (C=O) groups is 3. The molecule has 202 valence electrons. The van der Waals surface area contributed by atoms with Gasteiger partial charge in [0.1, 0.15) is 0 Å². The summed E-state index contributed by atoms with van der Waals surface area (Å²) in [6.07, 6.45) is 7.00. The summed E-state index contributed by atoms with van der Waals surface area (Å²) in [5.74, 6) is -0.389. The van der Waals surface area contributed by atoms with Crippen LogP contribution in [0.5, 0.6) is 0 Å². The predicted octanol–water partition coefficient (Wildman–Crippen LogP) is 6.42. The third kappa shape index (κ3) is 8.61. The molecule has 0 saturated carbocycles. The number of thioether (sulfide) groups is 2. The Morgan fingerprint density at radius 1 is 0.816 bits per heavy atom. The maximum Gasteiger partial charge on any atom is 0.310 e. The summed E-state index contributed by atoms with van der Waals surface area (Å²) in [5.41, 5.74) is 3.52. The Bertz CT molecular complexity index is 1180. The van der Waals surface area contributed by atoms with Crippen molar-refractivity contribution < 1.29 is 29.7 Å². The van der Waals surface area contributed by atoms with Crippen LogP contribution < -0.4 is 0 Å². The lowest BCUT2D eigenvalue weighted by molar-refractivity contribution is -0.139. The number of hydrogen-bond donors (Lipinski definition) is 3. The second-order valence-corrected chi connectivity index (χ2v) is 11.7. The van der Waals surface area contributed by atoms with Crippen LogP contribution in [0.1, 0.15) is 73.6 Å². The fourth-order valence-electron chi connectivity index (χ4n) is 3.95. The van der Waals surface area contributed by atoms with Crippen molar-refractivity contribution in [3.63, 3.8) is 0 Å². The maximum absolute atomic E-state index is 11.7. The van der Waals surface area contributed by atoms with Crippen molar-refractivity contribution in [2.45, 2.75) is 57.5 Å². The molecular formula is C30H34O6S2. The molecule has 0 aliphatic carbocycles. The number of allylic oxidation sites excluding steroid dienone is 1. The Balaban J connectivity index is 0.000000211. The van der Waals surface area contributed by atoms with Crippen LogP contribution in [0.3, 0.4) is 0 Å². The number of hydrogen-bond acceptors (Lipinski definition) is 6. The molecule has 2 aromatic carbocycles. The van der Waals surface area contributed by atoms with Crippen molar-refractivity contribution in [1.29, 1.82) is 0 Å². The zero-order valence-corrected chi connectivity index (χ0v) is 23.3. The van der Waals surface area contributed by atoms with E-state index >= 15 is 0 Å². The molecule has 2 fully saturated rings. The van der Waals surface area contributed by atoms with Crippen LogP contribution in [-0.2, 0) is 14.4 Å². The number of carboxylic acid groups (broad SMARTS) is 2. The highest BCUT2D eigenvalue weighted by atomic mass is 32.2. The standard InChI is InChI=1S/C15H18O3S.C15H16O3S/c2*1-10(15(17)18)12-6-4-11(5-7-12)9-14-13(16)3-2-8-19-14/h4-7,9-10,13,16H,2-3,8H2,1H3,(H,17,18);4-7,9-10H,2-3,8H2,1H3,(H,17,18). The summed E-state index contributed by atoms with van der Waals surface area (Å²) in [4.78, 5) is 35.3. The molecule has 38 heavy (non-hydrogen) atoms. The molecule has 4 rings (SSSR count). The minimum atomic E-state index is -0.830. The number of rotatable bonds is 6. The molecule has 3 unspecified atom stereocenters. The van der Waals surface area contributed by atoms with E-state index in [9.17, 15) is 19.5 Å². The van der Waals surface area contributed by atoms with E-state index in [-0.39, 0.29) is 11.9 Å². The first kappa shape index (κ1) is 29.7. The number of aliphatic hydroxyl groups excluding tert-OH is 1. The molecule has 8 heteroatoms. The molecule has 0 radical (unpaired) electrons. The van der Waals surface area contributed by atoms with E-state index in [1.165, 1.54) is 0 Å². The van der Waals surface area contributed by atoms with Gasteiger partial charge < -0.3 is 15.3 Å². The highest BCUT2D eigenvalue weighted by molar-refractivity contribution is 8.04. The predicted molar refractivity (Wildman–Crippen MR) is 155 cm³/mol. The number of carbonyl (C=O) groups excluding carboxylic acids is 1. The van der Waals surface area contributed by atoms with Gasteiger partial charge >= 0.3 is 11.9 Å². The Morgan fingerprint density at radius 2 is 1.32 bits per heavy atom. The number of aliphatic hydroxyl groups is 1. The molecule has 2 aliphatic heterocycles. The summed E-state index contributed by atoms with van der Waals surface area (Å²) in [6, 6.07) is 14.8. The van der Waals surface area contributed by atoms with Crippen molar-refractivity contribution in [1.82, 2.24) is 0 Å². The fourth-order valence-corrected chi connectivity index (χ4v) is 6.01. The molecule has 3 N–H and O–H groups in total. The molecule has 0 spiro atoms. The van der Waals surface area contributed by atoms with Crippen LogP contribution >= 0.6 is 23.5 Å².